The number of amides is 2. The molecule has 2 amide bonds. The lowest BCUT2D eigenvalue weighted by Crippen LogP contribution is -2.42. The Morgan fingerprint density at radius 2 is 1.85 bits per heavy atom. The predicted octanol–water partition coefficient (Wildman–Crippen LogP) is 6.37. The molecule has 0 bridgehead atoms. The number of rotatable bonds is 8. The average molecular weight is 541 g/mol. The van der Waals surface area contributed by atoms with E-state index in [9.17, 15) is 14.0 Å². The number of hydrogen-bond acceptors (Lipinski definition) is 4. The van der Waals surface area contributed by atoms with Crippen molar-refractivity contribution >= 4 is 11.8 Å². The van der Waals surface area contributed by atoms with Crippen molar-refractivity contribution in [1.29, 1.82) is 0 Å². The van der Waals surface area contributed by atoms with Crippen molar-refractivity contribution in [3.63, 3.8) is 0 Å². The second kappa shape index (κ2) is 11.8. The molecule has 1 aliphatic heterocycles. The van der Waals surface area contributed by atoms with E-state index in [-0.39, 0.29) is 42.0 Å². The van der Waals surface area contributed by atoms with Crippen LogP contribution in [0.15, 0.2) is 83.3 Å². The van der Waals surface area contributed by atoms with Crippen molar-refractivity contribution < 1.29 is 23.1 Å². The molecule has 2 heterocycles. The Kier molecular flexibility index (Phi) is 8.01. The van der Waals surface area contributed by atoms with Crippen LogP contribution >= 0.6 is 0 Å². The van der Waals surface area contributed by atoms with Gasteiger partial charge in [-0.25, -0.2) is 4.39 Å². The molecule has 0 aliphatic carbocycles. The van der Waals surface area contributed by atoms with Gasteiger partial charge in [-0.15, -0.1) is 0 Å². The lowest BCUT2D eigenvalue weighted by Gasteiger charge is -2.39. The Bertz CT molecular complexity index is 1510. The summed E-state index contributed by atoms with van der Waals surface area (Å²) in [7, 11) is 0. The van der Waals surface area contributed by atoms with E-state index in [1.54, 1.807) is 24.3 Å². The third kappa shape index (κ3) is 6.09. The molecule has 0 spiro atoms. The smallest absolute Gasteiger partial charge is 0.287 e. The molecular formula is C33H33FN2O4. The van der Waals surface area contributed by atoms with E-state index >= 15 is 0 Å². The maximum absolute atomic E-state index is 13.7. The van der Waals surface area contributed by atoms with E-state index in [2.05, 4.69) is 5.32 Å². The number of halogens is 1. The first-order chi connectivity index (χ1) is 19.3. The van der Waals surface area contributed by atoms with E-state index in [1.165, 1.54) is 12.1 Å². The van der Waals surface area contributed by atoms with Gasteiger partial charge in [-0.3, -0.25) is 9.59 Å². The molecule has 5 rings (SSSR count). The van der Waals surface area contributed by atoms with Gasteiger partial charge in [0.05, 0.1) is 6.04 Å². The summed E-state index contributed by atoms with van der Waals surface area (Å²) in [5, 5.41) is 2.88. The first kappa shape index (κ1) is 27.2. The predicted molar refractivity (Wildman–Crippen MR) is 150 cm³/mol. The highest BCUT2D eigenvalue weighted by Crippen LogP contribution is 2.38. The summed E-state index contributed by atoms with van der Waals surface area (Å²) in [4.78, 5) is 27.6. The number of carbonyl (C=O) groups excluding carboxylic acids is 2. The highest BCUT2D eigenvalue weighted by molar-refractivity contribution is 5.91. The molecular weight excluding hydrogens is 507 g/mol. The third-order valence-corrected chi connectivity index (χ3v) is 7.11. The normalized spacial score (nSPS) is 14.6. The lowest BCUT2D eigenvalue weighted by molar-refractivity contribution is -0.136. The van der Waals surface area contributed by atoms with Gasteiger partial charge in [-0.2, -0.15) is 0 Å². The zero-order valence-corrected chi connectivity index (χ0v) is 22.9. The van der Waals surface area contributed by atoms with Gasteiger partial charge in [0.2, 0.25) is 5.91 Å². The van der Waals surface area contributed by atoms with Crippen LogP contribution in [0, 0.1) is 18.7 Å². The van der Waals surface area contributed by atoms with Gasteiger partial charge in [0.1, 0.15) is 23.9 Å². The van der Waals surface area contributed by atoms with Crippen LogP contribution in [0.4, 0.5) is 4.39 Å². The van der Waals surface area contributed by atoms with Crippen molar-refractivity contribution in [1.82, 2.24) is 10.2 Å². The molecule has 206 valence electrons. The Hall–Kier alpha value is -4.39. The summed E-state index contributed by atoms with van der Waals surface area (Å²) >= 11 is 0. The summed E-state index contributed by atoms with van der Waals surface area (Å²) in [6.45, 7) is 6.93. The Morgan fingerprint density at radius 1 is 1.05 bits per heavy atom. The maximum Gasteiger partial charge on any atom is 0.287 e. The molecule has 7 heteroatoms. The quantitative estimate of drug-likeness (QED) is 0.282. The van der Waals surface area contributed by atoms with E-state index in [0.717, 1.165) is 34.2 Å². The van der Waals surface area contributed by atoms with E-state index < -0.39 is 0 Å². The second-order valence-corrected chi connectivity index (χ2v) is 10.5. The van der Waals surface area contributed by atoms with Crippen molar-refractivity contribution in [2.24, 2.45) is 5.92 Å². The molecule has 1 atom stereocenters. The Morgan fingerprint density at radius 3 is 2.60 bits per heavy atom. The second-order valence-electron chi connectivity index (χ2n) is 10.5. The number of furan rings is 1. The zero-order valence-electron chi connectivity index (χ0n) is 22.9. The molecule has 1 aromatic heterocycles. The molecule has 1 aliphatic rings. The SMILES string of the molecule is Cc1cccc(CNC(=O)c2ccc(COc3ccc4c(c3)[C@H](c3ccc(F)cc3)N(C(=O)C(C)C)CC4)o2)c1. The number of ether oxygens (including phenoxy) is 1. The summed E-state index contributed by atoms with van der Waals surface area (Å²) < 4.78 is 25.5. The fraction of sp³-hybridized carbons (Fsp3) is 0.273. The first-order valence-corrected chi connectivity index (χ1v) is 13.5. The third-order valence-electron chi connectivity index (χ3n) is 7.11. The topological polar surface area (TPSA) is 71.8 Å². The van der Waals surface area contributed by atoms with Crippen molar-refractivity contribution in [3.05, 3.63) is 124 Å². The van der Waals surface area contributed by atoms with Crippen molar-refractivity contribution in [2.75, 3.05) is 6.54 Å². The van der Waals surface area contributed by atoms with Gasteiger partial charge in [-0.1, -0.05) is 61.9 Å². The summed E-state index contributed by atoms with van der Waals surface area (Å²) in [5.41, 5.74) is 5.08. The molecule has 0 fully saturated rings. The minimum absolute atomic E-state index is 0.0510. The van der Waals surface area contributed by atoms with Crippen LogP contribution in [0.3, 0.4) is 0 Å². The Labute approximate surface area is 233 Å². The number of hydrogen-bond donors (Lipinski definition) is 1. The van der Waals surface area contributed by atoms with Crippen LogP contribution in [0.25, 0.3) is 0 Å². The lowest BCUT2D eigenvalue weighted by atomic mass is 9.87. The van der Waals surface area contributed by atoms with Gasteiger partial charge < -0.3 is 19.4 Å². The zero-order chi connectivity index (χ0) is 28.2. The van der Waals surface area contributed by atoms with Gasteiger partial charge in [-0.05, 0) is 72.0 Å². The largest absolute Gasteiger partial charge is 0.486 e. The van der Waals surface area contributed by atoms with Crippen LogP contribution in [-0.2, 0) is 24.4 Å². The van der Waals surface area contributed by atoms with Crippen LogP contribution < -0.4 is 10.1 Å². The van der Waals surface area contributed by atoms with Crippen LogP contribution in [0.2, 0.25) is 0 Å². The number of carbonyl (C=O) groups is 2. The molecule has 4 aromatic rings. The van der Waals surface area contributed by atoms with Crippen molar-refractivity contribution in [2.45, 2.75) is 46.4 Å². The van der Waals surface area contributed by atoms with Crippen LogP contribution in [0.1, 0.15) is 64.0 Å². The monoisotopic (exact) mass is 540 g/mol. The average Bonchev–Trinajstić information content (AvgIpc) is 3.43. The summed E-state index contributed by atoms with van der Waals surface area (Å²) in [5.74, 6) is 0.632. The van der Waals surface area contributed by atoms with Gasteiger partial charge in [0, 0.05) is 19.0 Å². The van der Waals surface area contributed by atoms with Crippen molar-refractivity contribution in [3.8, 4) is 5.75 Å². The summed E-state index contributed by atoms with van der Waals surface area (Å²) in [6, 6.07) is 23.2. The molecule has 0 unspecified atom stereocenters. The standard InChI is InChI=1S/C33H33FN2O4/c1-21(2)33(38)36-16-15-24-9-12-27(18-29(24)31(36)25-7-10-26(34)11-8-25)39-20-28-13-14-30(40-28)32(37)35-19-23-6-4-5-22(3)17-23/h4-14,17-18,21,31H,15-16,19-20H2,1-3H3,(H,35,37)/t31-/m0/s1. The van der Waals surface area contributed by atoms with Crippen LogP contribution in [0.5, 0.6) is 5.75 Å². The number of aryl methyl sites for hydroxylation is 1. The fourth-order valence-electron chi connectivity index (χ4n) is 5.08. The van der Waals surface area contributed by atoms with Crippen LogP contribution in [-0.4, -0.2) is 23.3 Å². The minimum Gasteiger partial charge on any atom is -0.486 e. The van der Waals surface area contributed by atoms with Gasteiger partial charge in [0.15, 0.2) is 5.76 Å². The number of benzene rings is 3. The number of nitrogens with zero attached hydrogens (tertiary/aromatic N) is 1. The number of fused-ring (bicyclic) bond motifs is 1. The van der Waals surface area contributed by atoms with E-state index in [0.29, 0.717) is 24.6 Å². The van der Waals surface area contributed by atoms with Gasteiger partial charge in [0.25, 0.3) is 5.91 Å². The number of nitrogens with one attached hydrogen (secondary N) is 1. The Balaban J connectivity index is 1.30. The molecule has 1 N–H and O–H groups in total. The van der Waals surface area contributed by atoms with Gasteiger partial charge >= 0.3 is 0 Å². The molecule has 0 saturated heterocycles. The summed E-state index contributed by atoms with van der Waals surface area (Å²) in [6.07, 6.45) is 0.727. The van der Waals surface area contributed by atoms with E-state index in [4.69, 9.17) is 9.15 Å². The first-order valence-electron chi connectivity index (χ1n) is 13.5. The molecule has 0 radical (unpaired) electrons. The maximum atomic E-state index is 13.7. The fourth-order valence-corrected chi connectivity index (χ4v) is 5.08. The highest BCUT2D eigenvalue weighted by atomic mass is 19.1. The molecule has 6 nitrogen and oxygen atoms in total. The van der Waals surface area contributed by atoms with E-state index in [1.807, 2.05) is 68.1 Å². The minimum atomic E-state index is -0.338. The molecule has 3 aromatic carbocycles. The highest BCUT2D eigenvalue weighted by Gasteiger charge is 2.33. The molecule has 40 heavy (non-hydrogen) atoms. The molecule has 0 saturated carbocycles.